The minimum Gasteiger partial charge on any atom is -0.492 e. The van der Waals surface area contributed by atoms with Gasteiger partial charge in [-0.1, -0.05) is 34.1 Å². The molecular weight excluding hydrogens is 318 g/mol. The number of nitrogens with zero attached hydrogens (tertiary/aromatic N) is 2. The van der Waals surface area contributed by atoms with Gasteiger partial charge in [0.25, 0.3) is 0 Å². The molecule has 0 bridgehead atoms. The molecule has 0 aliphatic heterocycles. The highest BCUT2D eigenvalue weighted by Gasteiger charge is 2.08. The molecule has 102 valence electrons. The van der Waals surface area contributed by atoms with Crippen LogP contribution in [-0.2, 0) is 6.54 Å². The molecule has 0 unspecified atom stereocenters. The second-order valence-electron chi connectivity index (χ2n) is 4.42. The number of hydrogen-bond donors (Lipinski definition) is 1. The fourth-order valence-electron chi connectivity index (χ4n) is 2.13. The molecule has 0 saturated heterocycles. The van der Waals surface area contributed by atoms with Crippen molar-refractivity contribution in [3.05, 3.63) is 53.0 Å². The van der Waals surface area contributed by atoms with Crippen LogP contribution in [0.4, 0.5) is 5.95 Å². The first kappa shape index (κ1) is 13.0. The molecule has 0 fully saturated rings. The molecule has 2 aromatic carbocycles. The SMILES string of the molecule is Nc1nc2cc(Br)ccc2n1CCOc1ccccc1. The van der Waals surface area contributed by atoms with Gasteiger partial charge in [-0.05, 0) is 30.3 Å². The number of halogens is 1. The molecule has 0 aliphatic rings. The van der Waals surface area contributed by atoms with E-state index in [1.165, 1.54) is 0 Å². The van der Waals surface area contributed by atoms with Gasteiger partial charge in [-0.2, -0.15) is 0 Å². The van der Waals surface area contributed by atoms with Crippen LogP contribution in [0.15, 0.2) is 53.0 Å². The average molecular weight is 332 g/mol. The quantitative estimate of drug-likeness (QED) is 0.796. The van der Waals surface area contributed by atoms with Crippen LogP contribution in [-0.4, -0.2) is 16.2 Å². The summed E-state index contributed by atoms with van der Waals surface area (Å²) in [4.78, 5) is 4.35. The Morgan fingerprint density at radius 1 is 1.15 bits per heavy atom. The Balaban J connectivity index is 1.76. The molecule has 2 N–H and O–H groups in total. The third-order valence-electron chi connectivity index (χ3n) is 3.07. The number of aromatic nitrogens is 2. The lowest BCUT2D eigenvalue weighted by Crippen LogP contribution is -2.10. The molecule has 0 radical (unpaired) electrons. The van der Waals surface area contributed by atoms with Crippen LogP contribution in [0.5, 0.6) is 5.75 Å². The average Bonchev–Trinajstić information content (AvgIpc) is 2.75. The molecule has 0 saturated carbocycles. The Morgan fingerprint density at radius 2 is 1.95 bits per heavy atom. The van der Waals surface area contributed by atoms with Crippen LogP contribution < -0.4 is 10.5 Å². The van der Waals surface area contributed by atoms with Gasteiger partial charge in [0.1, 0.15) is 12.4 Å². The summed E-state index contributed by atoms with van der Waals surface area (Å²) < 4.78 is 8.65. The lowest BCUT2D eigenvalue weighted by atomic mass is 10.3. The van der Waals surface area contributed by atoms with E-state index in [2.05, 4.69) is 20.9 Å². The third kappa shape index (κ3) is 2.63. The van der Waals surface area contributed by atoms with Gasteiger partial charge in [-0.25, -0.2) is 4.98 Å². The van der Waals surface area contributed by atoms with Gasteiger partial charge in [-0.3, -0.25) is 0 Å². The summed E-state index contributed by atoms with van der Waals surface area (Å²) >= 11 is 3.43. The summed E-state index contributed by atoms with van der Waals surface area (Å²) in [6, 6.07) is 15.7. The summed E-state index contributed by atoms with van der Waals surface area (Å²) in [5.74, 6) is 1.37. The zero-order chi connectivity index (χ0) is 13.9. The number of ether oxygens (including phenoxy) is 1. The topological polar surface area (TPSA) is 53.1 Å². The second kappa shape index (κ2) is 5.54. The number of nitrogens with two attached hydrogens (primary N) is 1. The molecule has 0 atom stereocenters. The predicted molar refractivity (Wildman–Crippen MR) is 83.8 cm³/mol. The molecule has 3 rings (SSSR count). The Morgan fingerprint density at radius 3 is 2.75 bits per heavy atom. The summed E-state index contributed by atoms with van der Waals surface area (Å²) in [5.41, 5.74) is 7.87. The number of rotatable bonds is 4. The summed E-state index contributed by atoms with van der Waals surface area (Å²) in [5, 5.41) is 0. The lowest BCUT2D eigenvalue weighted by Gasteiger charge is -2.08. The fourth-order valence-corrected chi connectivity index (χ4v) is 2.48. The van der Waals surface area contributed by atoms with E-state index < -0.39 is 0 Å². The van der Waals surface area contributed by atoms with Gasteiger partial charge in [0, 0.05) is 4.47 Å². The van der Waals surface area contributed by atoms with Crippen LogP contribution >= 0.6 is 15.9 Å². The number of fused-ring (bicyclic) bond motifs is 1. The van der Waals surface area contributed by atoms with Gasteiger partial charge in [0.05, 0.1) is 17.6 Å². The first-order valence-electron chi connectivity index (χ1n) is 6.33. The van der Waals surface area contributed by atoms with Gasteiger partial charge >= 0.3 is 0 Å². The number of anilines is 1. The molecule has 0 spiro atoms. The zero-order valence-corrected chi connectivity index (χ0v) is 12.4. The van der Waals surface area contributed by atoms with Gasteiger partial charge in [0.2, 0.25) is 5.95 Å². The van der Waals surface area contributed by atoms with E-state index in [0.717, 1.165) is 21.3 Å². The summed E-state index contributed by atoms with van der Waals surface area (Å²) in [6.45, 7) is 1.22. The van der Waals surface area contributed by atoms with Crippen molar-refractivity contribution in [3.8, 4) is 5.75 Å². The van der Waals surface area contributed by atoms with Crippen molar-refractivity contribution in [1.29, 1.82) is 0 Å². The first-order valence-corrected chi connectivity index (χ1v) is 7.12. The molecule has 20 heavy (non-hydrogen) atoms. The Bertz CT molecular complexity index is 725. The van der Waals surface area contributed by atoms with Crippen LogP contribution in [0.3, 0.4) is 0 Å². The van der Waals surface area contributed by atoms with Crippen LogP contribution in [0.1, 0.15) is 0 Å². The molecule has 0 aliphatic carbocycles. The highest BCUT2D eigenvalue weighted by molar-refractivity contribution is 9.10. The summed E-state index contributed by atoms with van der Waals surface area (Å²) in [7, 11) is 0. The predicted octanol–water partition coefficient (Wildman–Crippen LogP) is 3.46. The Kier molecular flexibility index (Phi) is 3.60. The standard InChI is InChI=1S/C15H14BrN3O/c16-11-6-7-14-13(10-11)18-15(17)19(14)8-9-20-12-4-2-1-3-5-12/h1-7,10H,8-9H2,(H2,17,18). The van der Waals surface area contributed by atoms with Crippen molar-refractivity contribution in [1.82, 2.24) is 9.55 Å². The van der Waals surface area contributed by atoms with E-state index in [1.54, 1.807) is 0 Å². The van der Waals surface area contributed by atoms with Crippen LogP contribution in [0, 0.1) is 0 Å². The Labute approximate surface area is 125 Å². The smallest absolute Gasteiger partial charge is 0.201 e. The molecule has 1 heterocycles. The summed E-state index contributed by atoms with van der Waals surface area (Å²) in [6.07, 6.45) is 0. The molecule has 3 aromatic rings. The minimum absolute atomic E-state index is 0.509. The maximum absolute atomic E-state index is 5.96. The molecule has 4 nitrogen and oxygen atoms in total. The highest BCUT2D eigenvalue weighted by atomic mass is 79.9. The van der Waals surface area contributed by atoms with Crippen LogP contribution in [0.2, 0.25) is 0 Å². The van der Waals surface area contributed by atoms with Crippen molar-refractivity contribution in [2.45, 2.75) is 6.54 Å². The number of imidazole rings is 1. The van der Waals surface area contributed by atoms with Crippen LogP contribution in [0.25, 0.3) is 11.0 Å². The third-order valence-corrected chi connectivity index (χ3v) is 3.56. The first-order chi connectivity index (χ1) is 9.74. The zero-order valence-electron chi connectivity index (χ0n) is 10.8. The fraction of sp³-hybridized carbons (Fsp3) is 0.133. The normalized spacial score (nSPS) is 10.8. The van der Waals surface area contributed by atoms with Crippen molar-refractivity contribution in [3.63, 3.8) is 0 Å². The van der Waals surface area contributed by atoms with E-state index in [-0.39, 0.29) is 0 Å². The van der Waals surface area contributed by atoms with E-state index in [0.29, 0.717) is 19.1 Å². The van der Waals surface area contributed by atoms with Gasteiger partial charge in [0.15, 0.2) is 0 Å². The molecule has 1 aromatic heterocycles. The lowest BCUT2D eigenvalue weighted by molar-refractivity contribution is 0.301. The van der Waals surface area contributed by atoms with E-state index in [4.69, 9.17) is 10.5 Å². The molecule has 5 heteroatoms. The van der Waals surface area contributed by atoms with Crippen molar-refractivity contribution >= 4 is 32.9 Å². The second-order valence-corrected chi connectivity index (χ2v) is 5.33. The molecular formula is C15H14BrN3O. The minimum atomic E-state index is 0.509. The number of nitrogen functional groups attached to an aromatic ring is 1. The maximum atomic E-state index is 5.96. The van der Waals surface area contributed by atoms with E-state index in [1.807, 2.05) is 53.1 Å². The van der Waals surface area contributed by atoms with Crippen molar-refractivity contribution < 1.29 is 4.74 Å². The number of hydrogen-bond acceptors (Lipinski definition) is 3. The number of para-hydroxylation sites is 1. The molecule has 0 amide bonds. The van der Waals surface area contributed by atoms with E-state index in [9.17, 15) is 0 Å². The van der Waals surface area contributed by atoms with Gasteiger partial charge < -0.3 is 15.0 Å². The number of benzene rings is 2. The van der Waals surface area contributed by atoms with Gasteiger partial charge in [-0.15, -0.1) is 0 Å². The Hall–Kier alpha value is -2.01. The van der Waals surface area contributed by atoms with Crippen molar-refractivity contribution in [2.75, 3.05) is 12.3 Å². The maximum Gasteiger partial charge on any atom is 0.201 e. The van der Waals surface area contributed by atoms with Crippen molar-refractivity contribution in [2.24, 2.45) is 0 Å². The van der Waals surface area contributed by atoms with E-state index >= 15 is 0 Å². The largest absolute Gasteiger partial charge is 0.492 e. The highest BCUT2D eigenvalue weighted by Crippen LogP contribution is 2.22. The monoisotopic (exact) mass is 331 g/mol.